The summed E-state index contributed by atoms with van der Waals surface area (Å²) in [6.07, 6.45) is 0.226. The largest absolute Gasteiger partial charge is 0.453 e. The van der Waals surface area contributed by atoms with Crippen LogP contribution in [0.3, 0.4) is 0 Å². The van der Waals surface area contributed by atoms with Crippen molar-refractivity contribution in [2.24, 2.45) is 17.3 Å². The molecule has 5 nitrogen and oxygen atoms in total. The first-order valence-corrected chi connectivity index (χ1v) is 10.5. The second kappa shape index (κ2) is 8.97. The summed E-state index contributed by atoms with van der Waals surface area (Å²) in [6, 6.07) is 6.76. The number of nitrogens with one attached hydrogen (secondary N) is 1. The summed E-state index contributed by atoms with van der Waals surface area (Å²) >= 11 is 0. The van der Waals surface area contributed by atoms with Gasteiger partial charge >= 0.3 is 6.09 Å². The van der Waals surface area contributed by atoms with E-state index >= 15 is 0 Å². The molecule has 156 valence electrons. The summed E-state index contributed by atoms with van der Waals surface area (Å²) in [7, 11) is 1.33. The average Bonchev–Trinajstić information content (AvgIpc) is 3.10. The Morgan fingerprint density at radius 3 is 2.46 bits per heavy atom. The van der Waals surface area contributed by atoms with E-state index in [1.54, 1.807) is 0 Å². The van der Waals surface area contributed by atoms with Gasteiger partial charge in [-0.2, -0.15) is 0 Å². The number of carbonyl (C=O) groups excluding carboxylic acids is 2. The number of ether oxygens (including phenoxy) is 1. The SMILES string of the molecule is CC.CCC(CNC(=O)OC)C(=O)N1CC2C(c3ccc(C)c(C)c3)C2(C)C1. The second-order valence-electron chi connectivity index (χ2n) is 8.13. The fourth-order valence-corrected chi connectivity index (χ4v) is 4.59. The van der Waals surface area contributed by atoms with Crippen molar-refractivity contribution in [1.82, 2.24) is 10.2 Å². The molecule has 1 saturated heterocycles. The quantitative estimate of drug-likeness (QED) is 0.819. The normalized spacial score (nSPS) is 25.9. The number of aryl methyl sites for hydroxylation is 2. The lowest BCUT2D eigenvalue weighted by Gasteiger charge is -2.26. The third-order valence-electron chi connectivity index (χ3n) is 6.52. The summed E-state index contributed by atoms with van der Waals surface area (Å²) in [6.45, 7) is 14.6. The predicted molar refractivity (Wildman–Crippen MR) is 112 cm³/mol. The maximum absolute atomic E-state index is 12.9. The van der Waals surface area contributed by atoms with Gasteiger partial charge in [0.25, 0.3) is 0 Å². The molecule has 0 radical (unpaired) electrons. The minimum atomic E-state index is -0.484. The van der Waals surface area contributed by atoms with Crippen LogP contribution < -0.4 is 5.32 Å². The second-order valence-corrected chi connectivity index (χ2v) is 8.13. The van der Waals surface area contributed by atoms with Gasteiger partial charge in [0, 0.05) is 19.6 Å². The fraction of sp³-hybridized carbons (Fsp3) is 0.652. The van der Waals surface area contributed by atoms with Gasteiger partial charge in [0.2, 0.25) is 5.91 Å². The predicted octanol–water partition coefficient (Wildman–Crippen LogP) is 4.27. The van der Waals surface area contributed by atoms with E-state index in [1.165, 1.54) is 23.8 Å². The number of hydrogen-bond acceptors (Lipinski definition) is 3. The molecule has 1 saturated carbocycles. The van der Waals surface area contributed by atoms with E-state index < -0.39 is 6.09 Å². The topological polar surface area (TPSA) is 58.6 Å². The Hall–Kier alpha value is -2.04. The maximum atomic E-state index is 12.9. The lowest BCUT2D eigenvalue weighted by Crippen LogP contribution is -2.42. The first kappa shape index (κ1) is 22.3. The van der Waals surface area contributed by atoms with E-state index in [4.69, 9.17) is 0 Å². The Morgan fingerprint density at radius 1 is 1.29 bits per heavy atom. The third-order valence-corrected chi connectivity index (χ3v) is 6.52. The number of hydrogen-bond donors (Lipinski definition) is 1. The van der Waals surface area contributed by atoms with Crippen LogP contribution in [0, 0.1) is 31.1 Å². The Balaban J connectivity index is 0.00000136. The molecule has 0 bridgehead atoms. The van der Waals surface area contributed by atoms with Gasteiger partial charge in [0.15, 0.2) is 0 Å². The number of likely N-dealkylation sites (tertiary alicyclic amines) is 1. The van der Waals surface area contributed by atoms with Crippen LogP contribution in [0.25, 0.3) is 0 Å². The summed E-state index contributed by atoms with van der Waals surface area (Å²) in [4.78, 5) is 26.1. The van der Waals surface area contributed by atoms with Crippen LogP contribution >= 0.6 is 0 Å². The van der Waals surface area contributed by atoms with Crippen LogP contribution in [0.5, 0.6) is 0 Å². The van der Waals surface area contributed by atoms with E-state index in [1.807, 2.05) is 25.7 Å². The smallest absolute Gasteiger partial charge is 0.406 e. The average molecular weight is 389 g/mol. The molecule has 28 heavy (non-hydrogen) atoms. The van der Waals surface area contributed by atoms with E-state index in [0.717, 1.165) is 13.1 Å². The molecular weight excluding hydrogens is 352 g/mol. The van der Waals surface area contributed by atoms with E-state index in [9.17, 15) is 9.59 Å². The summed E-state index contributed by atoms with van der Waals surface area (Å²) < 4.78 is 4.60. The molecule has 1 heterocycles. The molecule has 0 aromatic heterocycles. The zero-order valence-electron chi connectivity index (χ0n) is 18.5. The van der Waals surface area contributed by atoms with Crippen molar-refractivity contribution in [1.29, 1.82) is 0 Å². The standard InChI is InChI=1S/C21H30N2O3.C2H6/c1-6-15(10-22-20(25)26-5)19(24)23-11-17-18(21(17,4)12-23)16-8-7-13(2)14(3)9-16;1-2/h7-9,15,17-18H,6,10-12H2,1-5H3,(H,22,25);1-2H3. The summed E-state index contributed by atoms with van der Waals surface area (Å²) in [5.41, 5.74) is 4.26. The van der Waals surface area contributed by atoms with E-state index in [-0.39, 0.29) is 17.2 Å². The molecule has 1 aliphatic carbocycles. The van der Waals surface area contributed by atoms with Crippen molar-refractivity contribution in [2.75, 3.05) is 26.7 Å². The third kappa shape index (κ3) is 4.18. The number of amides is 2. The van der Waals surface area contributed by atoms with Crippen molar-refractivity contribution < 1.29 is 14.3 Å². The number of methoxy groups -OCH3 is 1. The van der Waals surface area contributed by atoms with Crippen LogP contribution in [0.4, 0.5) is 4.79 Å². The number of rotatable bonds is 5. The maximum Gasteiger partial charge on any atom is 0.406 e. The van der Waals surface area contributed by atoms with Crippen molar-refractivity contribution in [3.63, 3.8) is 0 Å². The lowest BCUT2D eigenvalue weighted by atomic mass is 9.97. The molecule has 0 spiro atoms. The van der Waals surface area contributed by atoms with Gasteiger partial charge in [-0.15, -0.1) is 0 Å². The number of alkyl carbamates (subject to hydrolysis) is 1. The highest BCUT2D eigenvalue weighted by Crippen LogP contribution is 2.68. The molecule has 1 aromatic carbocycles. The Bertz CT molecular complexity index is 718. The van der Waals surface area contributed by atoms with Crippen LogP contribution in [0.15, 0.2) is 18.2 Å². The van der Waals surface area contributed by atoms with Crippen molar-refractivity contribution in [3.8, 4) is 0 Å². The highest BCUT2D eigenvalue weighted by molar-refractivity contribution is 5.80. The Kier molecular flexibility index (Phi) is 7.13. The first-order valence-electron chi connectivity index (χ1n) is 10.5. The number of fused-ring (bicyclic) bond motifs is 1. The Morgan fingerprint density at radius 2 is 1.96 bits per heavy atom. The van der Waals surface area contributed by atoms with Gasteiger partial charge in [-0.25, -0.2) is 4.79 Å². The molecule has 2 amide bonds. The minimum Gasteiger partial charge on any atom is -0.453 e. The van der Waals surface area contributed by atoms with Crippen LogP contribution in [-0.4, -0.2) is 43.6 Å². The molecule has 1 aromatic rings. The molecular formula is C23H36N2O3. The number of benzene rings is 1. The molecule has 2 aliphatic rings. The van der Waals surface area contributed by atoms with Crippen molar-refractivity contribution >= 4 is 12.0 Å². The first-order chi connectivity index (χ1) is 13.3. The zero-order valence-corrected chi connectivity index (χ0v) is 18.5. The van der Waals surface area contributed by atoms with Gasteiger partial charge in [-0.1, -0.05) is 45.9 Å². The fourth-order valence-electron chi connectivity index (χ4n) is 4.59. The number of piperidine rings is 1. The highest BCUT2D eigenvalue weighted by atomic mass is 16.5. The van der Waals surface area contributed by atoms with Crippen molar-refractivity contribution in [2.45, 2.75) is 53.9 Å². The van der Waals surface area contributed by atoms with Gasteiger partial charge in [0.05, 0.1) is 13.0 Å². The zero-order chi connectivity index (χ0) is 21.1. The molecule has 1 N–H and O–H groups in total. The number of nitrogens with zero attached hydrogens (tertiary/aromatic N) is 1. The molecule has 4 unspecified atom stereocenters. The minimum absolute atomic E-state index is 0.149. The molecule has 1 aliphatic heterocycles. The molecule has 4 atom stereocenters. The molecule has 3 rings (SSSR count). The van der Waals surface area contributed by atoms with Crippen LogP contribution in [0.2, 0.25) is 0 Å². The van der Waals surface area contributed by atoms with Crippen LogP contribution in [-0.2, 0) is 9.53 Å². The monoisotopic (exact) mass is 388 g/mol. The van der Waals surface area contributed by atoms with Gasteiger partial charge in [-0.05, 0) is 54.2 Å². The van der Waals surface area contributed by atoms with Crippen LogP contribution in [0.1, 0.15) is 56.7 Å². The van der Waals surface area contributed by atoms with Crippen molar-refractivity contribution in [3.05, 3.63) is 34.9 Å². The van der Waals surface area contributed by atoms with Gasteiger partial charge in [-0.3, -0.25) is 4.79 Å². The summed E-state index contributed by atoms with van der Waals surface area (Å²) in [5.74, 6) is 1.06. The molecule has 5 heteroatoms. The number of carbonyl (C=O) groups is 2. The molecule has 2 fully saturated rings. The van der Waals surface area contributed by atoms with E-state index in [0.29, 0.717) is 24.8 Å². The Labute approximate surface area is 169 Å². The van der Waals surface area contributed by atoms with Gasteiger partial charge in [0.1, 0.15) is 0 Å². The lowest BCUT2D eigenvalue weighted by molar-refractivity contribution is -0.135. The summed E-state index contributed by atoms with van der Waals surface area (Å²) in [5, 5.41) is 2.66. The van der Waals surface area contributed by atoms with E-state index in [2.05, 4.69) is 49.0 Å². The van der Waals surface area contributed by atoms with Gasteiger partial charge < -0.3 is 15.0 Å². The highest BCUT2D eigenvalue weighted by Gasteiger charge is 2.66.